The van der Waals surface area contributed by atoms with Crippen LogP contribution in [0.25, 0.3) is 0 Å². The van der Waals surface area contributed by atoms with Gasteiger partial charge in [-0.3, -0.25) is 9.59 Å². The maximum Gasteiger partial charge on any atom is 0.303 e. The SMILES string of the molecule is CCCCCCC(=O)C/C=C\CCCCCCCCCC(=O)O. The van der Waals surface area contributed by atoms with Gasteiger partial charge in [0.2, 0.25) is 0 Å². The molecule has 0 spiro atoms. The first-order chi connectivity index (χ1) is 11.2. The Kier molecular flexibility index (Phi) is 16.4. The molecule has 0 bridgehead atoms. The maximum absolute atomic E-state index is 11.6. The minimum absolute atomic E-state index is 0.308. The van der Waals surface area contributed by atoms with Crippen LogP contribution in [0, 0.1) is 0 Å². The summed E-state index contributed by atoms with van der Waals surface area (Å²) < 4.78 is 0. The van der Waals surface area contributed by atoms with Gasteiger partial charge in [-0.15, -0.1) is 0 Å². The van der Waals surface area contributed by atoms with Crippen LogP contribution in [0.1, 0.15) is 103 Å². The second-order valence-electron chi connectivity index (χ2n) is 6.43. The summed E-state index contributed by atoms with van der Waals surface area (Å²) in [5.74, 6) is -0.310. The molecule has 0 unspecified atom stereocenters. The van der Waals surface area contributed by atoms with Crippen molar-refractivity contribution in [1.29, 1.82) is 0 Å². The molecule has 23 heavy (non-hydrogen) atoms. The van der Waals surface area contributed by atoms with Crippen LogP contribution in [-0.4, -0.2) is 16.9 Å². The van der Waals surface area contributed by atoms with Crippen LogP contribution >= 0.6 is 0 Å². The van der Waals surface area contributed by atoms with Gasteiger partial charge in [0.05, 0.1) is 0 Å². The van der Waals surface area contributed by atoms with Crippen LogP contribution in [0.4, 0.5) is 0 Å². The molecule has 1 N–H and O–H groups in total. The first-order valence-electron chi connectivity index (χ1n) is 9.55. The molecule has 0 saturated heterocycles. The first-order valence-corrected chi connectivity index (χ1v) is 9.55. The van der Waals surface area contributed by atoms with Crippen LogP contribution in [0.15, 0.2) is 12.2 Å². The van der Waals surface area contributed by atoms with Crippen LogP contribution < -0.4 is 0 Å². The Morgan fingerprint density at radius 2 is 1.30 bits per heavy atom. The van der Waals surface area contributed by atoms with Crippen molar-refractivity contribution in [2.75, 3.05) is 0 Å². The van der Waals surface area contributed by atoms with Crippen molar-refractivity contribution in [3.63, 3.8) is 0 Å². The van der Waals surface area contributed by atoms with Crippen molar-refractivity contribution in [1.82, 2.24) is 0 Å². The van der Waals surface area contributed by atoms with Gasteiger partial charge in [0.25, 0.3) is 0 Å². The number of carboxylic acids is 1. The summed E-state index contributed by atoms with van der Waals surface area (Å²) in [6.07, 6.45) is 19.5. The predicted octanol–water partition coefficient (Wildman–Crippen LogP) is 6.07. The van der Waals surface area contributed by atoms with E-state index in [1.165, 1.54) is 44.9 Å². The zero-order chi connectivity index (χ0) is 17.2. The van der Waals surface area contributed by atoms with Gasteiger partial charge in [-0.2, -0.15) is 0 Å². The van der Waals surface area contributed by atoms with Gasteiger partial charge in [-0.25, -0.2) is 0 Å². The van der Waals surface area contributed by atoms with Crippen molar-refractivity contribution in [2.45, 2.75) is 103 Å². The maximum atomic E-state index is 11.6. The zero-order valence-corrected chi connectivity index (χ0v) is 15.0. The highest BCUT2D eigenvalue weighted by Crippen LogP contribution is 2.10. The quantitative estimate of drug-likeness (QED) is 0.261. The fourth-order valence-electron chi connectivity index (χ4n) is 2.61. The number of unbranched alkanes of at least 4 members (excludes halogenated alkanes) is 10. The zero-order valence-electron chi connectivity index (χ0n) is 15.0. The number of rotatable bonds is 17. The summed E-state index contributed by atoms with van der Waals surface area (Å²) in [6, 6.07) is 0. The van der Waals surface area contributed by atoms with Gasteiger partial charge in [0.1, 0.15) is 5.78 Å². The molecule has 0 aliphatic carbocycles. The van der Waals surface area contributed by atoms with E-state index in [-0.39, 0.29) is 0 Å². The molecule has 0 aromatic carbocycles. The fourth-order valence-corrected chi connectivity index (χ4v) is 2.61. The summed E-state index contributed by atoms with van der Waals surface area (Å²) in [6.45, 7) is 2.18. The summed E-state index contributed by atoms with van der Waals surface area (Å²) in [4.78, 5) is 22.0. The van der Waals surface area contributed by atoms with Crippen molar-refractivity contribution >= 4 is 11.8 Å². The number of aliphatic carboxylic acids is 1. The number of carboxylic acid groups (broad SMARTS) is 1. The van der Waals surface area contributed by atoms with Crippen molar-refractivity contribution in [2.24, 2.45) is 0 Å². The van der Waals surface area contributed by atoms with Crippen molar-refractivity contribution in [3.8, 4) is 0 Å². The topological polar surface area (TPSA) is 54.4 Å². The first kappa shape index (κ1) is 21.9. The van der Waals surface area contributed by atoms with Crippen molar-refractivity contribution < 1.29 is 14.7 Å². The normalized spacial score (nSPS) is 11.2. The monoisotopic (exact) mass is 324 g/mol. The molecule has 0 saturated carbocycles. The number of hydrogen-bond acceptors (Lipinski definition) is 2. The molecule has 0 amide bonds. The third-order valence-electron chi connectivity index (χ3n) is 4.08. The minimum atomic E-state index is -0.684. The predicted molar refractivity (Wildman–Crippen MR) is 96.7 cm³/mol. The lowest BCUT2D eigenvalue weighted by atomic mass is 10.1. The third kappa shape index (κ3) is 18.8. The van der Waals surface area contributed by atoms with E-state index in [0.717, 1.165) is 38.5 Å². The molecule has 3 heteroatoms. The smallest absolute Gasteiger partial charge is 0.303 e. The van der Waals surface area contributed by atoms with Gasteiger partial charge in [-0.1, -0.05) is 70.4 Å². The summed E-state index contributed by atoms with van der Waals surface area (Å²) in [7, 11) is 0. The van der Waals surface area contributed by atoms with Gasteiger partial charge in [0.15, 0.2) is 0 Å². The lowest BCUT2D eigenvalue weighted by Crippen LogP contribution is -1.95. The van der Waals surface area contributed by atoms with E-state index in [9.17, 15) is 9.59 Å². The standard InChI is InChI=1S/C20H36O3/c1-2-3-4-13-16-19(21)17-14-11-9-7-5-6-8-10-12-15-18-20(22)23/h11,14H,2-10,12-13,15-18H2,1H3,(H,22,23)/b14-11-. The van der Waals surface area contributed by atoms with Gasteiger partial charge < -0.3 is 5.11 Å². The molecule has 134 valence electrons. The summed E-state index contributed by atoms with van der Waals surface area (Å²) in [5, 5.41) is 8.53. The molecular weight excluding hydrogens is 288 g/mol. The number of carbonyl (C=O) groups is 2. The number of hydrogen-bond donors (Lipinski definition) is 1. The second-order valence-corrected chi connectivity index (χ2v) is 6.43. The fraction of sp³-hybridized carbons (Fsp3) is 0.800. The van der Waals surface area contributed by atoms with Gasteiger partial charge >= 0.3 is 5.97 Å². The average Bonchev–Trinajstić information content (AvgIpc) is 2.52. The van der Waals surface area contributed by atoms with Crippen LogP contribution in [0.3, 0.4) is 0 Å². The minimum Gasteiger partial charge on any atom is -0.481 e. The van der Waals surface area contributed by atoms with E-state index in [2.05, 4.69) is 13.0 Å². The lowest BCUT2D eigenvalue weighted by molar-refractivity contribution is -0.137. The molecule has 0 aromatic rings. The van der Waals surface area contributed by atoms with Gasteiger partial charge in [-0.05, 0) is 25.7 Å². The number of ketones is 1. The van der Waals surface area contributed by atoms with E-state index in [4.69, 9.17) is 5.11 Å². The van der Waals surface area contributed by atoms with E-state index < -0.39 is 5.97 Å². The number of carbonyl (C=O) groups excluding carboxylic acids is 1. The molecule has 0 radical (unpaired) electrons. The van der Waals surface area contributed by atoms with E-state index in [1.54, 1.807) is 0 Å². The Bertz CT molecular complexity index is 321. The van der Waals surface area contributed by atoms with E-state index in [1.807, 2.05) is 6.08 Å². The highest BCUT2D eigenvalue weighted by molar-refractivity contribution is 5.79. The average molecular weight is 325 g/mol. The molecule has 0 aliphatic heterocycles. The molecular formula is C20H36O3. The summed E-state index contributed by atoms with van der Waals surface area (Å²) >= 11 is 0. The molecule has 0 fully saturated rings. The largest absolute Gasteiger partial charge is 0.481 e. The van der Waals surface area contributed by atoms with Crippen LogP contribution in [-0.2, 0) is 9.59 Å². The third-order valence-corrected chi connectivity index (χ3v) is 4.08. The van der Waals surface area contributed by atoms with Gasteiger partial charge in [0, 0.05) is 19.3 Å². The lowest BCUT2D eigenvalue weighted by Gasteiger charge is -2.00. The highest BCUT2D eigenvalue weighted by Gasteiger charge is 1.98. The Morgan fingerprint density at radius 3 is 1.96 bits per heavy atom. The molecule has 0 aromatic heterocycles. The van der Waals surface area contributed by atoms with E-state index >= 15 is 0 Å². The van der Waals surface area contributed by atoms with E-state index in [0.29, 0.717) is 18.6 Å². The molecule has 0 atom stereocenters. The number of allylic oxidation sites excluding steroid dienone is 2. The molecule has 0 aliphatic rings. The Morgan fingerprint density at radius 1 is 0.739 bits per heavy atom. The molecule has 0 rings (SSSR count). The molecule has 0 heterocycles. The van der Waals surface area contributed by atoms with Crippen LogP contribution in [0.5, 0.6) is 0 Å². The van der Waals surface area contributed by atoms with Crippen molar-refractivity contribution in [3.05, 3.63) is 12.2 Å². The Labute approximate surface area is 142 Å². The number of Topliss-reactive ketones (excluding diaryl/α,β-unsaturated/α-hetero) is 1. The Hall–Kier alpha value is -1.12. The Balaban J connectivity index is 3.24. The highest BCUT2D eigenvalue weighted by atomic mass is 16.4. The summed E-state index contributed by atoms with van der Waals surface area (Å²) in [5.41, 5.74) is 0. The molecule has 3 nitrogen and oxygen atoms in total. The second kappa shape index (κ2) is 17.2. The van der Waals surface area contributed by atoms with Crippen LogP contribution in [0.2, 0.25) is 0 Å².